The second-order valence-corrected chi connectivity index (χ2v) is 6.00. The van der Waals surface area contributed by atoms with Gasteiger partial charge in [0.1, 0.15) is 5.75 Å². The number of hydrogen-bond acceptors (Lipinski definition) is 3. The summed E-state index contributed by atoms with van der Waals surface area (Å²) in [5.41, 5.74) is 2.81. The van der Waals surface area contributed by atoms with Gasteiger partial charge in [0.2, 0.25) is 5.91 Å². The molecule has 0 aliphatic heterocycles. The summed E-state index contributed by atoms with van der Waals surface area (Å²) >= 11 is 0. The van der Waals surface area contributed by atoms with E-state index in [9.17, 15) is 9.59 Å². The zero-order chi connectivity index (χ0) is 18.2. The molecule has 2 aromatic carbocycles. The highest BCUT2D eigenvalue weighted by molar-refractivity contribution is 5.92. The molecule has 132 valence electrons. The fraction of sp³-hybridized carbons (Fsp3) is 0.300. The smallest absolute Gasteiger partial charge is 0.262 e. The van der Waals surface area contributed by atoms with Crippen molar-refractivity contribution in [2.75, 3.05) is 26.0 Å². The van der Waals surface area contributed by atoms with Gasteiger partial charge in [-0.2, -0.15) is 0 Å². The summed E-state index contributed by atoms with van der Waals surface area (Å²) in [5.74, 6) is 0.487. The van der Waals surface area contributed by atoms with E-state index >= 15 is 0 Å². The molecule has 0 saturated heterocycles. The third kappa shape index (κ3) is 5.95. The van der Waals surface area contributed by atoms with Gasteiger partial charge in [0.15, 0.2) is 6.61 Å². The number of amides is 2. The number of anilines is 1. The Labute approximate surface area is 148 Å². The van der Waals surface area contributed by atoms with Gasteiger partial charge in [-0.15, -0.1) is 0 Å². The van der Waals surface area contributed by atoms with Crippen LogP contribution in [0, 0.1) is 0 Å². The number of carbonyl (C=O) groups is 2. The van der Waals surface area contributed by atoms with Crippen LogP contribution in [0.5, 0.6) is 5.75 Å². The number of aryl methyl sites for hydroxylation is 1. The Balaban J connectivity index is 1.82. The zero-order valence-corrected chi connectivity index (χ0v) is 14.9. The number of nitrogens with zero attached hydrogens (tertiary/aromatic N) is 1. The highest BCUT2D eigenvalue weighted by Crippen LogP contribution is 2.13. The quantitative estimate of drug-likeness (QED) is 0.843. The minimum atomic E-state index is -0.225. The summed E-state index contributed by atoms with van der Waals surface area (Å²) < 4.78 is 5.48. The minimum Gasteiger partial charge on any atom is -0.484 e. The van der Waals surface area contributed by atoms with E-state index in [1.54, 1.807) is 31.1 Å². The number of nitrogens with one attached hydrogen (secondary N) is 1. The molecule has 5 heteroatoms. The minimum absolute atomic E-state index is 0.0410. The lowest BCUT2D eigenvalue weighted by atomic mass is 10.1. The van der Waals surface area contributed by atoms with Crippen LogP contribution in [0.1, 0.15) is 18.1 Å². The topological polar surface area (TPSA) is 58.6 Å². The van der Waals surface area contributed by atoms with Crippen molar-refractivity contribution in [3.05, 3.63) is 59.7 Å². The summed E-state index contributed by atoms with van der Waals surface area (Å²) in [7, 11) is 3.46. The Morgan fingerprint density at radius 1 is 0.960 bits per heavy atom. The molecule has 0 radical (unpaired) electrons. The fourth-order valence-corrected chi connectivity index (χ4v) is 2.21. The van der Waals surface area contributed by atoms with Gasteiger partial charge in [0.25, 0.3) is 5.91 Å². The molecule has 0 aromatic heterocycles. The van der Waals surface area contributed by atoms with E-state index in [1.165, 1.54) is 5.56 Å². The van der Waals surface area contributed by atoms with Gasteiger partial charge < -0.3 is 15.0 Å². The van der Waals surface area contributed by atoms with Gasteiger partial charge in [0.05, 0.1) is 6.42 Å². The van der Waals surface area contributed by atoms with Crippen LogP contribution >= 0.6 is 0 Å². The number of carbonyl (C=O) groups excluding carboxylic acids is 2. The summed E-state index contributed by atoms with van der Waals surface area (Å²) in [6.45, 7) is 2.04. The van der Waals surface area contributed by atoms with Crippen molar-refractivity contribution in [2.45, 2.75) is 19.8 Å². The summed E-state index contributed by atoms with van der Waals surface area (Å²) in [5, 5.41) is 2.78. The molecule has 2 rings (SSSR count). The second kappa shape index (κ2) is 8.87. The number of hydrogen-bond donors (Lipinski definition) is 1. The molecular weight excluding hydrogens is 316 g/mol. The molecule has 0 aliphatic carbocycles. The first-order valence-corrected chi connectivity index (χ1v) is 8.28. The first-order chi connectivity index (χ1) is 12.0. The predicted octanol–water partition coefficient (Wildman–Crippen LogP) is 2.90. The Kier molecular flexibility index (Phi) is 6.57. The van der Waals surface area contributed by atoms with Gasteiger partial charge >= 0.3 is 0 Å². The molecule has 0 bridgehead atoms. The zero-order valence-electron chi connectivity index (χ0n) is 14.9. The van der Waals surface area contributed by atoms with Crippen LogP contribution in [0.25, 0.3) is 0 Å². The van der Waals surface area contributed by atoms with Crippen LogP contribution in [-0.2, 0) is 22.4 Å². The summed E-state index contributed by atoms with van der Waals surface area (Å²) in [4.78, 5) is 25.2. The third-order valence-electron chi connectivity index (χ3n) is 3.79. The van der Waals surface area contributed by atoms with E-state index in [1.807, 2.05) is 36.4 Å². The van der Waals surface area contributed by atoms with Crippen LogP contribution in [0.3, 0.4) is 0 Å². The van der Waals surface area contributed by atoms with E-state index in [-0.39, 0.29) is 18.4 Å². The van der Waals surface area contributed by atoms with E-state index in [4.69, 9.17) is 4.74 Å². The van der Waals surface area contributed by atoms with Crippen molar-refractivity contribution in [3.63, 3.8) is 0 Å². The average molecular weight is 340 g/mol. The van der Waals surface area contributed by atoms with Crippen molar-refractivity contribution in [3.8, 4) is 5.75 Å². The predicted molar refractivity (Wildman–Crippen MR) is 98.8 cm³/mol. The number of rotatable bonds is 7. The van der Waals surface area contributed by atoms with E-state index < -0.39 is 0 Å². The van der Waals surface area contributed by atoms with Crippen molar-refractivity contribution >= 4 is 17.5 Å². The van der Waals surface area contributed by atoms with Gasteiger partial charge in [-0.25, -0.2) is 0 Å². The number of benzene rings is 2. The molecule has 2 amide bonds. The molecule has 0 aliphatic rings. The second-order valence-electron chi connectivity index (χ2n) is 6.00. The molecule has 5 nitrogen and oxygen atoms in total. The lowest BCUT2D eigenvalue weighted by molar-refractivity contribution is -0.128. The molecule has 0 fully saturated rings. The van der Waals surface area contributed by atoms with Crippen LogP contribution in [0.15, 0.2) is 48.5 Å². The van der Waals surface area contributed by atoms with Gasteiger partial charge in [0, 0.05) is 19.8 Å². The number of ether oxygens (including phenoxy) is 1. The Bertz CT molecular complexity index is 707. The first kappa shape index (κ1) is 18.5. The van der Waals surface area contributed by atoms with Crippen LogP contribution < -0.4 is 10.1 Å². The lowest BCUT2D eigenvalue weighted by Crippen LogP contribution is -2.23. The van der Waals surface area contributed by atoms with Crippen molar-refractivity contribution in [2.24, 2.45) is 0 Å². The number of likely N-dealkylation sites (N-methyl/N-ethyl adjacent to an activating group) is 1. The van der Waals surface area contributed by atoms with Crippen molar-refractivity contribution in [1.29, 1.82) is 0 Å². The first-order valence-electron chi connectivity index (χ1n) is 8.28. The Morgan fingerprint density at radius 3 is 2.12 bits per heavy atom. The average Bonchev–Trinajstić information content (AvgIpc) is 2.62. The van der Waals surface area contributed by atoms with Crippen LogP contribution in [0.2, 0.25) is 0 Å². The largest absolute Gasteiger partial charge is 0.484 e. The Morgan fingerprint density at radius 2 is 1.56 bits per heavy atom. The highest BCUT2D eigenvalue weighted by atomic mass is 16.5. The molecule has 0 heterocycles. The standard InChI is InChI=1S/C20H24N2O3/c1-4-15-7-11-18(12-8-15)25-14-19(23)21-17-9-5-16(6-10-17)13-20(24)22(2)3/h5-12H,4,13-14H2,1-3H3,(H,21,23). The SMILES string of the molecule is CCc1ccc(OCC(=O)Nc2ccc(CC(=O)N(C)C)cc2)cc1. The molecule has 0 spiro atoms. The maximum Gasteiger partial charge on any atom is 0.262 e. The highest BCUT2D eigenvalue weighted by Gasteiger charge is 2.07. The van der Waals surface area contributed by atoms with Crippen molar-refractivity contribution in [1.82, 2.24) is 4.90 Å². The van der Waals surface area contributed by atoms with E-state index in [2.05, 4.69) is 12.2 Å². The molecule has 1 N–H and O–H groups in total. The Hall–Kier alpha value is -2.82. The normalized spacial score (nSPS) is 10.2. The summed E-state index contributed by atoms with van der Waals surface area (Å²) in [6, 6.07) is 14.9. The lowest BCUT2D eigenvalue weighted by Gasteiger charge is -2.11. The van der Waals surface area contributed by atoms with E-state index in [0.717, 1.165) is 12.0 Å². The van der Waals surface area contributed by atoms with Crippen molar-refractivity contribution < 1.29 is 14.3 Å². The maximum atomic E-state index is 12.0. The maximum absolute atomic E-state index is 12.0. The fourth-order valence-electron chi connectivity index (χ4n) is 2.21. The van der Waals surface area contributed by atoms with Gasteiger partial charge in [-0.1, -0.05) is 31.2 Å². The van der Waals surface area contributed by atoms with E-state index in [0.29, 0.717) is 17.9 Å². The van der Waals surface area contributed by atoms with Gasteiger partial charge in [-0.05, 0) is 41.8 Å². The molecule has 0 unspecified atom stereocenters. The molecule has 25 heavy (non-hydrogen) atoms. The van der Waals surface area contributed by atoms with Crippen LogP contribution in [-0.4, -0.2) is 37.4 Å². The monoisotopic (exact) mass is 340 g/mol. The van der Waals surface area contributed by atoms with Gasteiger partial charge in [-0.3, -0.25) is 9.59 Å². The third-order valence-corrected chi connectivity index (χ3v) is 3.79. The summed E-state index contributed by atoms with van der Waals surface area (Å²) in [6.07, 6.45) is 1.31. The molecular formula is C20H24N2O3. The van der Waals surface area contributed by atoms with Crippen LogP contribution in [0.4, 0.5) is 5.69 Å². The molecule has 0 saturated carbocycles. The molecule has 0 atom stereocenters. The molecule has 2 aromatic rings.